The van der Waals surface area contributed by atoms with Gasteiger partial charge >= 0.3 is 5.97 Å². The lowest BCUT2D eigenvalue weighted by atomic mass is 10.2. The summed E-state index contributed by atoms with van der Waals surface area (Å²) in [5, 5.41) is 9.54. The Morgan fingerprint density at radius 3 is 2.73 bits per heavy atom. The van der Waals surface area contributed by atoms with E-state index in [0.29, 0.717) is 11.8 Å². The lowest BCUT2D eigenvalue weighted by Gasteiger charge is -2.09. The number of benzene rings is 1. The van der Waals surface area contributed by atoms with Crippen molar-refractivity contribution >= 4 is 58.2 Å². The molecule has 0 bridgehead atoms. The predicted octanol–water partition coefficient (Wildman–Crippen LogP) is 2.91. The van der Waals surface area contributed by atoms with Crippen molar-refractivity contribution < 1.29 is 24.2 Å². The number of carbonyl (C=O) groups excluding carboxylic acids is 3. The van der Waals surface area contributed by atoms with Gasteiger partial charge in [-0.25, -0.2) is 0 Å². The minimum atomic E-state index is -0.711. The van der Waals surface area contributed by atoms with Gasteiger partial charge in [0.15, 0.2) is 0 Å². The molecule has 0 spiro atoms. The molecule has 1 fully saturated rings. The molecule has 0 atom stereocenters. The predicted molar refractivity (Wildman–Crippen MR) is 82.8 cm³/mol. The third-order valence-corrected chi connectivity index (χ3v) is 4.15. The van der Waals surface area contributed by atoms with Crippen molar-refractivity contribution in [2.75, 3.05) is 13.7 Å². The molecule has 0 aliphatic carbocycles. The van der Waals surface area contributed by atoms with Crippen LogP contribution in [-0.4, -0.2) is 40.8 Å². The van der Waals surface area contributed by atoms with Crippen LogP contribution >= 0.6 is 35.0 Å². The van der Waals surface area contributed by atoms with Gasteiger partial charge in [-0.2, -0.15) is 0 Å². The van der Waals surface area contributed by atoms with Crippen LogP contribution in [0.4, 0.5) is 4.79 Å². The van der Waals surface area contributed by atoms with E-state index in [2.05, 4.69) is 4.74 Å². The van der Waals surface area contributed by atoms with E-state index in [0.717, 1.165) is 12.0 Å². The SMILES string of the molecule is COC(=O)CN1C(=O)S/C(=C\c2cc(Cl)cc(Cl)c2O)C1=O. The maximum absolute atomic E-state index is 12.1. The van der Waals surface area contributed by atoms with Crippen LogP contribution in [0.25, 0.3) is 6.08 Å². The van der Waals surface area contributed by atoms with Crippen LogP contribution in [0.2, 0.25) is 10.0 Å². The van der Waals surface area contributed by atoms with E-state index in [1.807, 2.05) is 0 Å². The molecule has 116 valence electrons. The smallest absolute Gasteiger partial charge is 0.325 e. The Balaban J connectivity index is 2.33. The highest BCUT2D eigenvalue weighted by atomic mass is 35.5. The third-order valence-electron chi connectivity index (χ3n) is 2.73. The first-order chi connectivity index (χ1) is 10.3. The number of ether oxygens (including phenoxy) is 1. The summed E-state index contributed by atoms with van der Waals surface area (Å²) in [7, 11) is 1.16. The van der Waals surface area contributed by atoms with Crippen molar-refractivity contribution in [3.8, 4) is 5.75 Å². The lowest BCUT2D eigenvalue weighted by Crippen LogP contribution is -2.34. The number of rotatable bonds is 3. The first-order valence-corrected chi connectivity index (χ1v) is 7.41. The number of carbonyl (C=O) groups is 3. The molecule has 0 aromatic heterocycles. The fourth-order valence-electron chi connectivity index (χ4n) is 1.67. The van der Waals surface area contributed by atoms with Crippen molar-refractivity contribution in [1.29, 1.82) is 0 Å². The zero-order chi connectivity index (χ0) is 16.4. The molecule has 2 amide bonds. The van der Waals surface area contributed by atoms with Gasteiger partial charge in [0.05, 0.1) is 17.0 Å². The summed E-state index contributed by atoms with van der Waals surface area (Å²) >= 11 is 12.3. The molecule has 22 heavy (non-hydrogen) atoms. The maximum atomic E-state index is 12.1. The zero-order valence-electron chi connectivity index (χ0n) is 11.1. The Labute approximate surface area is 139 Å². The summed E-state index contributed by atoms with van der Waals surface area (Å²) in [4.78, 5) is 35.9. The molecule has 6 nitrogen and oxygen atoms in total. The summed E-state index contributed by atoms with van der Waals surface area (Å²) < 4.78 is 4.42. The molecule has 1 saturated heterocycles. The molecule has 1 aliphatic rings. The van der Waals surface area contributed by atoms with Crippen molar-refractivity contribution in [3.05, 3.63) is 32.6 Å². The topological polar surface area (TPSA) is 83.9 Å². The molecule has 1 aliphatic heterocycles. The minimum Gasteiger partial charge on any atom is -0.506 e. The highest BCUT2D eigenvalue weighted by molar-refractivity contribution is 8.18. The van der Waals surface area contributed by atoms with Crippen molar-refractivity contribution in [1.82, 2.24) is 4.90 Å². The number of esters is 1. The molecule has 9 heteroatoms. The average Bonchev–Trinajstić information content (AvgIpc) is 2.71. The monoisotopic (exact) mass is 361 g/mol. The Morgan fingerprint density at radius 1 is 1.41 bits per heavy atom. The van der Waals surface area contributed by atoms with Gasteiger partial charge in [-0.3, -0.25) is 19.3 Å². The number of methoxy groups -OCH3 is 1. The fraction of sp³-hybridized carbons (Fsp3) is 0.154. The van der Waals surface area contributed by atoms with Crippen LogP contribution in [0.5, 0.6) is 5.75 Å². The largest absolute Gasteiger partial charge is 0.506 e. The third kappa shape index (κ3) is 3.37. The van der Waals surface area contributed by atoms with Crippen molar-refractivity contribution in [2.45, 2.75) is 0 Å². The minimum absolute atomic E-state index is 0.0209. The van der Waals surface area contributed by atoms with E-state index in [-0.39, 0.29) is 26.3 Å². The van der Waals surface area contributed by atoms with E-state index in [1.165, 1.54) is 18.2 Å². The van der Waals surface area contributed by atoms with Gasteiger partial charge in [-0.15, -0.1) is 0 Å². The van der Waals surface area contributed by atoms with E-state index in [9.17, 15) is 19.5 Å². The Bertz CT molecular complexity index is 704. The van der Waals surface area contributed by atoms with Crippen LogP contribution in [-0.2, 0) is 14.3 Å². The molecule has 1 heterocycles. The second-order valence-corrected chi connectivity index (χ2v) is 6.01. The number of imide groups is 1. The van der Waals surface area contributed by atoms with Gasteiger partial charge in [0.2, 0.25) is 0 Å². The number of thioether (sulfide) groups is 1. The summed E-state index contributed by atoms with van der Waals surface area (Å²) in [5.74, 6) is -1.63. The summed E-state index contributed by atoms with van der Waals surface area (Å²) in [5.41, 5.74) is 0.195. The first kappa shape index (κ1) is 16.7. The second kappa shape index (κ2) is 6.60. The Kier molecular flexibility index (Phi) is 5.00. The van der Waals surface area contributed by atoms with Crippen LogP contribution in [0, 0.1) is 0 Å². The standard InChI is InChI=1S/C13H9Cl2NO5S/c1-21-10(17)5-16-12(19)9(22-13(16)20)3-6-2-7(14)4-8(15)11(6)18/h2-4,18H,5H2,1H3/b9-3-. The highest BCUT2D eigenvalue weighted by Crippen LogP contribution is 2.37. The number of hydrogen-bond donors (Lipinski definition) is 1. The molecule has 2 rings (SSSR count). The van der Waals surface area contributed by atoms with Gasteiger partial charge < -0.3 is 9.84 Å². The molecule has 0 unspecified atom stereocenters. The van der Waals surface area contributed by atoms with Gasteiger partial charge in [-0.05, 0) is 30.0 Å². The number of phenols is 1. The summed E-state index contributed by atoms with van der Waals surface area (Å²) in [6, 6.07) is 2.75. The molecule has 1 N–H and O–H groups in total. The van der Waals surface area contributed by atoms with E-state index >= 15 is 0 Å². The number of hydrogen-bond acceptors (Lipinski definition) is 6. The van der Waals surface area contributed by atoms with Gasteiger partial charge in [0, 0.05) is 10.6 Å². The quantitative estimate of drug-likeness (QED) is 0.658. The molecule has 0 saturated carbocycles. The van der Waals surface area contributed by atoms with Crippen LogP contribution in [0.1, 0.15) is 5.56 Å². The van der Waals surface area contributed by atoms with Gasteiger partial charge in [0.25, 0.3) is 11.1 Å². The summed E-state index contributed by atoms with van der Waals surface area (Å²) in [6.07, 6.45) is 1.29. The zero-order valence-corrected chi connectivity index (χ0v) is 13.5. The van der Waals surface area contributed by atoms with Gasteiger partial charge in [0.1, 0.15) is 12.3 Å². The number of aromatic hydroxyl groups is 1. The second-order valence-electron chi connectivity index (χ2n) is 4.17. The Hall–Kier alpha value is -1.70. The number of halogens is 2. The van der Waals surface area contributed by atoms with E-state index < -0.39 is 23.7 Å². The number of nitrogens with zero attached hydrogens (tertiary/aromatic N) is 1. The van der Waals surface area contributed by atoms with E-state index in [1.54, 1.807) is 0 Å². The van der Waals surface area contributed by atoms with Crippen molar-refractivity contribution in [2.24, 2.45) is 0 Å². The van der Waals surface area contributed by atoms with Crippen molar-refractivity contribution in [3.63, 3.8) is 0 Å². The van der Waals surface area contributed by atoms with Crippen LogP contribution < -0.4 is 0 Å². The number of phenolic OH excluding ortho intramolecular Hbond substituents is 1. The highest BCUT2D eigenvalue weighted by Gasteiger charge is 2.36. The molecule has 1 aromatic rings. The first-order valence-electron chi connectivity index (χ1n) is 5.83. The molecule has 1 aromatic carbocycles. The molecular weight excluding hydrogens is 353 g/mol. The normalized spacial score (nSPS) is 16.5. The Morgan fingerprint density at radius 2 is 2.09 bits per heavy atom. The number of amides is 2. The van der Waals surface area contributed by atoms with Crippen LogP contribution in [0.15, 0.2) is 17.0 Å². The lowest BCUT2D eigenvalue weighted by molar-refractivity contribution is -0.143. The van der Waals surface area contributed by atoms with Gasteiger partial charge in [-0.1, -0.05) is 23.2 Å². The summed E-state index contributed by atoms with van der Waals surface area (Å²) in [6.45, 7) is -0.471. The molecule has 0 radical (unpaired) electrons. The molecular formula is C13H9Cl2NO5S. The average molecular weight is 362 g/mol. The fourth-order valence-corrected chi connectivity index (χ4v) is 3.01. The van der Waals surface area contributed by atoms with E-state index in [4.69, 9.17) is 23.2 Å². The van der Waals surface area contributed by atoms with Crippen LogP contribution in [0.3, 0.4) is 0 Å². The maximum Gasteiger partial charge on any atom is 0.325 e.